The largest absolute Gasteiger partial charge is 0.467 e. The molecule has 1 atom stereocenters. The lowest BCUT2D eigenvalue weighted by atomic mass is 9.98. The molecule has 21 heavy (non-hydrogen) atoms. The van der Waals surface area contributed by atoms with E-state index in [4.69, 9.17) is 0 Å². The van der Waals surface area contributed by atoms with Gasteiger partial charge in [-0.15, -0.1) is 0 Å². The minimum Gasteiger partial charge on any atom is -0.467 e. The number of ether oxygens (including phenoxy) is 1. The molecular formula is C14H17IN2O4. The van der Waals surface area contributed by atoms with E-state index in [-0.39, 0.29) is 0 Å². The Labute approximate surface area is 137 Å². The van der Waals surface area contributed by atoms with Gasteiger partial charge >= 0.3 is 5.97 Å². The minimum absolute atomic E-state index is 0.386. The smallest absolute Gasteiger partial charge is 0.341 e. The van der Waals surface area contributed by atoms with Crippen molar-refractivity contribution >= 4 is 40.4 Å². The highest BCUT2D eigenvalue weighted by atomic mass is 127. The maximum Gasteiger partial charge on any atom is 0.341 e. The van der Waals surface area contributed by atoms with Crippen LogP contribution >= 0.6 is 22.6 Å². The molecule has 7 heteroatoms. The first kappa shape index (κ1) is 17.4. The van der Waals surface area contributed by atoms with E-state index < -0.39 is 23.3 Å². The predicted octanol–water partition coefficient (Wildman–Crippen LogP) is 1.04. The lowest BCUT2D eigenvalue weighted by molar-refractivity contribution is -0.157. The Kier molecular flexibility index (Phi) is 5.70. The summed E-state index contributed by atoms with van der Waals surface area (Å²) in [6.45, 7) is 1.35. The van der Waals surface area contributed by atoms with E-state index in [0.717, 1.165) is 8.47 Å². The third-order valence-corrected chi connectivity index (χ3v) is 4.04. The number of carbonyl (C=O) groups is 3. The molecule has 1 aromatic rings. The quantitative estimate of drug-likeness (QED) is 0.463. The molecule has 0 saturated carbocycles. The van der Waals surface area contributed by atoms with Crippen LogP contribution in [0.5, 0.6) is 0 Å². The fourth-order valence-electron chi connectivity index (χ4n) is 1.81. The Morgan fingerprint density at radius 1 is 1.24 bits per heavy atom. The van der Waals surface area contributed by atoms with Crippen molar-refractivity contribution in [3.63, 3.8) is 0 Å². The maximum atomic E-state index is 12.5. The predicted molar refractivity (Wildman–Crippen MR) is 85.7 cm³/mol. The minimum atomic E-state index is -1.73. The van der Waals surface area contributed by atoms with Crippen LogP contribution in [0.2, 0.25) is 0 Å². The summed E-state index contributed by atoms with van der Waals surface area (Å²) in [4.78, 5) is 37.6. The van der Waals surface area contributed by atoms with E-state index in [9.17, 15) is 14.4 Å². The van der Waals surface area contributed by atoms with Gasteiger partial charge in [-0.1, -0.05) is 0 Å². The van der Waals surface area contributed by atoms with Crippen LogP contribution in [-0.4, -0.2) is 49.4 Å². The second-order valence-corrected chi connectivity index (χ2v) is 5.76. The molecule has 1 unspecified atom stereocenters. The van der Waals surface area contributed by atoms with Gasteiger partial charge in [-0.2, -0.15) is 0 Å². The number of esters is 1. The molecular weight excluding hydrogens is 387 g/mol. The summed E-state index contributed by atoms with van der Waals surface area (Å²) in [6.07, 6.45) is 0. The molecule has 0 radical (unpaired) electrons. The van der Waals surface area contributed by atoms with Crippen molar-refractivity contribution in [2.45, 2.75) is 12.5 Å². The van der Waals surface area contributed by atoms with Gasteiger partial charge in [0.1, 0.15) is 0 Å². The molecule has 0 aliphatic carbocycles. The van der Waals surface area contributed by atoms with Gasteiger partial charge in [-0.3, -0.25) is 9.59 Å². The van der Waals surface area contributed by atoms with Gasteiger partial charge in [0.05, 0.1) is 7.11 Å². The van der Waals surface area contributed by atoms with Gasteiger partial charge in [0.25, 0.3) is 11.8 Å². The summed E-state index contributed by atoms with van der Waals surface area (Å²) in [5, 5.41) is 2.38. The van der Waals surface area contributed by atoms with Crippen LogP contribution in [0.4, 0.5) is 0 Å². The number of amides is 2. The summed E-state index contributed by atoms with van der Waals surface area (Å²) in [7, 11) is 3.96. The number of carbonyl (C=O) groups excluding carboxylic acids is 3. The monoisotopic (exact) mass is 404 g/mol. The molecule has 0 spiro atoms. The second kappa shape index (κ2) is 6.88. The normalized spacial score (nSPS) is 13.0. The fourth-order valence-corrected chi connectivity index (χ4v) is 2.17. The Balaban J connectivity index is 3.19. The number of hydrogen-bond donors (Lipinski definition) is 1. The number of nitrogens with one attached hydrogen (secondary N) is 1. The van der Waals surface area contributed by atoms with E-state index in [1.165, 1.54) is 28.1 Å². The third-order valence-electron chi connectivity index (χ3n) is 3.32. The number of hydrogen-bond acceptors (Lipinski definition) is 4. The molecule has 0 aliphatic heterocycles. The van der Waals surface area contributed by atoms with Crippen molar-refractivity contribution in [2.75, 3.05) is 21.2 Å². The van der Waals surface area contributed by atoms with E-state index in [2.05, 4.69) is 32.6 Å². The molecule has 114 valence electrons. The Bertz CT molecular complexity index is 541. The van der Waals surface area contributed by atoms with Crippen molar-refractivity contribution in [1.82, 2.24) is 10.2 Å². The Morgan fingerprint density at radius 2 is 1.76 bits per heavy atom. The highest BCUT2D eigenvalue weighted by Gasteiger charge is 2.48. The van der Waals surface area contributed by atoms with Gasteiger partial charge in [-0.05, 0) is 53.8 Å². The highest BCUT2D eigenvalue weighted by Crippen LogP contribution is 2.19. The summed E-state index contributed by atoms with van der Waals surface area (Å²) >= 11 is 2.12. The standard InChI is InChI=1S/C14H17IN2O4/c1-14(12(19)16-2,13(20)21-4)17(3)11(18)9-5-7-10(15)8-6-9/h5-8H,1-4H3,(H,16,19). The summed E-state index contributed by atoms with van der Waals surface area (Å²) in [6, 6.07) is 6.83. The van der Waals surface area contributed by atoms with Gasteiger partial charge in [0, 0.05) is 23.2 Å². The zero-order chi connectivity index (χ0) is 16.2. The number of likely N-dealkylation sites (N-methyl/N-ethyl adjacent to an activating group) is 2. The lowest BCUT2D eigenvalue weighted by Crippen LogP contribution is -2.62. The maximum absolute atomic E-state index is 12.5. The summed E-state index contributed by atoms with van der Waals surface area (Å²) in [5.41, 5.74) is -1.35. The molecule has 0 aromatic heterocycles. The third kappa shape index (κ3) is 3.34. The average Bonchev–Trinajstić information content (AvgIpc) is 2.51. The first-order chi connectivity index (χ1) is 9.78. The first-order valence-corrected chi connectivity index (χ1v) is 7.21. The van der Waals surface area contributed by atoms with E-state index in [1.54, 1.807) is 24.3 Å². The van der Waals surface area contributed by atoms with Crippen molar-refractivity contribution in [3.8, 4) is 0 Å². The molecule has 1 N–H and O–H groups in total. The van der Waals surface area contributed by atoms with Gasteiger partial charge in [0.2, 0.25) is 5.54 Å². The molecule has 1 aromatic carbocycles. The van der Waals surface area contributed by atoms with E-state index in [0.29, 0.717) is 5.56 Å². The SMILES string of the molecule is CNC(=O)C(C)(C(=O)OC)N(C)C(=O)c1ccc(I)cc1. The van der Waals surface area contributed by atoms with Crippen molar-refractivity contribution in [2.24, 2.45) is 0 Å². The van der Waals surface area contributed by atoms with Crippen LogP contribution in [0.25, 0.3) is 0 Å². The summed E-state index contributed by atoms with van der Waals surface area (Å²) < 4.78 is 5.65. The van der Waals surface area contributed by atoms with Crippen LogP contribution in [0.3, 0.4) is 0 Å². The number of benzene rings is 1. The Morgan fingerprint density at radius 3 is 2.19 bits per heavy atom. The van der Waals surface area contributed by atoms with E-state index in [1.807, 2.05) is 0 Å². The lowest BCUT2D eigenvalue weighted by Gasteiger charge is -2.34. The van der Waals surface area contributed by atoms with Crippen molar-refractivity contribution in [3.05, 3.63) is 33.4 Å². The Hall–Kier alpha value is -1.64. The topological polar surface area (TPSA) is 75.7 Å². The van der Waals surface area contributed by atoms with Crippen LogP contribution in [-0.2, 0) is 14.3 Å². The summed E-state index contributed by atoms with van der Waals surface area (Å²) in [5.74, 6) is -1.86. The number of rotatable bonds is 4. The molecule has 2 amide bonds. The number of nitrogens with zero attached hydrogens (tertiary/aromatic N) is 1. The van der Waals surface area contributed by atoms with Gasteiger partial charge < -0.3 is 15.0 Å². The van der Waals surface area contributed by atoms with Crippen LogP contribution in [0, 0.1) is 3.57 Å². The van der Waals surface area contributed by atoms with E-state index >= 15 is 0 Å². The van der Waals surface area contributed by atoms with Crippen molar-refractivity contribution in [1.29, 1.82) is 0 Å². The molecule has 0 heterocycles. The average molecular weight is 404 g/mol. The molecule has 0 bridgehead atoms. The highest BCUT2D eigenvalue weighted by molar-refractivity contribution is 14.1. The molecule has 0 aliphatic rings. The number of halogens is 1. The first-order valence-electron chi connectivity index (χ1n) is 6.13. The zero-order valence-corrected chi connectivity index (χ0v) is 14.4. The number of methoxy groups -OCH3 is 1. The van der Waals surface area contributed by atoms with Crippen LogP contribution in [0.1, 0.15) is 17.3 Å². The van der Waals surface area contributed by atoms with Gasteiger partial charge in [-0.25, -0.2) is 4.79 Å². The molecule has 0 fully saturated rings. The van der Waals surface area contributed by atoms with Crippen LogP contribution in [0.15, 0.2) is 24.3 Å². The zero-order valence-electron chi connectivity index (χ0n) is 12.3. The molecule has 1 rings (SSSR count). The second-order valence-electron chi connectivity index (χ2n) is 4.51. The van der Waals surface area contributed by atoms with Crippen LogP contribution < -0.4 is 5.32 Å². The van der Waals surface area contributed by atoms with Gasteiger partial charge in [0.15, 0.2) is 0 Å². The van der Waals surface area contributed by atoms with Crippen molar-refractivity contribution < 1.29 is 19.1 Å². The fraction of sp³-hybridized carbons (Fsp3) is 0.357. The molecule has 0 saturated heterocycles. The molecule has 6 nitrogen and oxygen atoms in total.